The van der Waals surface area contributed by atoms with Crippen LogP contribution in [0, 0.1) is 0 Å². The molecule has 2 atom stereocenters. The fraction of sp³-hybridized carbons (Fsp3) is 0.261. The van der Waals surface area contributed by atoms with E-state index in [0.29, 0.717) is 23.1 Å². The van der Waals surface area contributed by atoms with Crippen LogP contribution in [0.4, 0.5) is 0 Å². The molecule has 150 valence electrons. The van der Waals surface area contributed by atoms with E-state index in [2.05, 4.69) is 16.4 Å². The molecule has 2 aromatic carbocycles. The molecule has 6 heteroatoms. The zero-order valence-electron chi connectivity index (χ0n) is 15.8. The molecule has 0 fully saturated rings. The molecule has 29 heavy (non-hydrogen) atoms. The average molecular weight is 429 g/mol. The Hall–Kier alpha value is -2.11. The first-order valence-corrected chi connectivity index (χ1v) is 10.4. The number of rotatable bonds is 6. The van der Waals surface area contributed by atoms with Crippen molar-refractivity contribution in [2.24, 2.45) is 0 Å². The van der Waals surface area contributed by atoms with Gasteiger partial charge in [-0.05, 0) is 59.9 Å². The number of nitrogens with zero attached hydrogens (tertiary/aromatic N) is 1. The maximum Gasteiger partial charge on any atom is 0.123 e. The number of hydrogen-bond donors (Lipinski definition) is 2. The summed E-state index contributed by atoms with van der Waals surface area (Å²) in [5.41, 5.74) is 4.14. The quantitative estimate of drug-likeness (QED) is 0.575. The van der Waals surface area contributed by atoms with Crippen LogP contribution in [-0.2, 0) is 6.42 Å². The molecule has 0 saturated carbocycles. The van der Waals surface area contributed by atoms with E-state index in [0.717, 1.165) is 35.3 Å². The molecular weight excluding hydrogens is 407 g/mol. The number of hydrogen-bond acceptors (Lipinski definition) is 4. The number of aliphatic hydroxyl groups excluding tert-OH is 1. The van der Waals surface area contributed by atoms with Crippen molar-refractivity contribution in [3.63, 3.8) is 0 Å². The van der Waals surface area contributed by atoms with Crippen LogP contribution in [0.25, 0.3) is 11.1 Å². The summed E-state index contributed by atoms with van der Waals surface area (Å²) in [6.07, 6.45) is 4.76. The number of halogens is 2. The van der Waals surface area contributed by atoms with Crippen LogP contribution in [0.1, 0.15) is 23.7 Å². The summed E-state index contributed by atoms with van der Waals surface area (Å²) in [6.45, 7) is 1.15. The smallest absolute Gasteiger partial charge is 0.123 e. The Morgan fingerprint density at radius 1 is 1.10 bits per heavy atom. The van der Waals surface area contributed by atoms with Gasteiger partial charge in [0.05, 0.1) is 16.1 Å². The number of aryl methyl sites for hydroxylation is 1. The molecule has 0 amide bonds. The number of fused-ring (bicyclic) bond motifs is 1. The molecular formula is C23H22Cl2N2O2. The van der Waals surface area contributed by atoms with Gasteiger partial charge in [0, 0.05) is 31.0 Å². The van der Waals surface area contributed by atoms with Crippen LogP contribution >= 0.6 is 23.2 Å². The van der Waals surface area contributed by atoms with Crippen molar-refractivity contribution in [3.05, 3.63) is 82.1 Å². The number of pyridine rings is 1. The molecule has 4 nitrogen and oxygen atoms in total. The van der Waals surface area contributed by atoms with E-state index in [1.54, 1.807) is 12.4 Å². The van der Waals surface area contributed by atoms with Gasteiger partial charge in [-0.25, -0.2) is 0 Å². The summed E-state index contributed by atoms with van der Waals surface area (Å²) < 4.78 is 6.15. The third-order valence-electron chi connectivity index (χ3n) is 5.12. The van der Waals surface area contributed by atoms with E-state index in [1.165, 1.54) is 5.56 Å². The summed E-state index contributed by atoms with van der Waals surface area (Å²) in [4.78, 5) is 4.04. The van der Waals surface area contributed by atoms with Crippen LogP contribution in [-0.4, -0.2) is 29.3 Å². The largest absolute Gasteiger partial charge is 0.489 e. The van der Waals surface area contributed by atoms with Gasteiger partial charge in [-0.15, -0.1) is 0 Å². The summed E-state index contributed by atoms with van der Waals surface area (Å²) in [5.74, 6) is 0.916. The van der Waals surface area contributed by atoms with Crippen LogP contribution in [0.5, 0.6) is 5.75 Å². The summed E-state index contributed by atoms with van der Waals surface area (Å²) in [5, 5.41) is 14.6. The summed E-state index contributed by atoms with van der Waals surface area (Å²) >= 11 is 12.2. The minimum absolute atomic E-state index is 0.0828. The molecule has 2 N–H and O–H groups in total. The normalized spacial score (nSPS) is 16.7. The lowest BCUT2D eigenvalue weighted by molar-refractivity contribution is 0.146. The van der Waals surface area contributed by atoms with Crippen molar-refractivity contribution in [2.75, 3.05) is 13.1 Å². The first-order chi connectivity index (χ1) is 14.1. The molecule has 1 aromatic heterocycles. The number of benzene rings is 2. The van der Waals surface area contributed by atoms with Crippen LogP contribution in [0.3, 0.4) is 0 Å². The number of nitrogens with one attached hydrogen (secondary N) is 1. The minimum Gasteiger partial charge on any atom is -0.489 e. The van der Waals surface area contributed by atoms with Crippen LogP contribution in [0.15, 0.2) is 60.9 Å². The van der Waals surface area contributed by atoms with Gasteiger partial charge in [0.15, 0.2) is 0 Å². The Labute approximate surface area is 180 Å². The predicted octanol–water partition coefficient (Wildman–Crippen LogP) is 5.07. The first kappa shape index (κ1) is 20.2. The molecule has 0 saturated heterocycles. The van der Waals surface area contributed by atoms with E-state index in [4.69, 9.17) is 27.9 Å². The fourth-order valence-corrected chi connectivity index (χ4v) is 3.81. The first-order valence-electron chi connectivity index (χ1n) is 9.64. The van der Waals surface area contributed by atoms with Crippen LogP contribution < -0.4 is 10.1 Å². The second-order valence-corrected chi connectivity index (χ2v) is 8.00. The highest BCUT2D eigenvalue weighted by atomic mass is 35.5. The van der Waals surface area contributed by atoms with Crippen LogP contribution in [0.2, 0.25) is 10.0 Å². The van der Waals surface area contributed by atoms with Gasteiger partial charge in [0.2, 0.25) is 0 Å². The van der Waals surface area contributed by atoms with Crippen molar-refractivity contribution < 1.29 is 9.84 Å². The Balaban J connectivity index is 1.35. The van der Waals surface area contributed by atoms with Crippen molar-refractivity contribution in [1.82, 2.24) is 10.3 Å². The van der Waals surface area contributed by atoms with E-state index in [1.807, 2.05) is 42.5 Å². The number of ether oxygens (including phenoxy) is 1. The second-order valence-electron chi connectivity index (χ2n) is 7.19. The number of aliphatic hydroxyl groups is 1. The monoisotopic (exact) mass is 428 g/mol. The zero-order chi connectivity index (χ0) is 20.2. The molecule has 0 radical (unpaired) electrons. The topological polar surface area (TPSA) is 54.4 Å². The summed E-state index contributed by atoms with van der Waals surface area (Å²) in [7, 11) is 0. The van der Waals surface area contributed by atoms with Gasteiger partial charge < -0.3 is 15.2 Å². The van der Waals surface area contributed by atoms with Crippen molar-refractivity contribution in [1.29, 1.82) is 0 Å². The van der Waals surface area contributed by atoms with E-state index in [-0.39, 0.29) is 6.10 Å². The van der Waals surface area contributed by atoms with Gasteiger partial charge in [-0.1, -0.05) is 41.4 Å². The highest BCUT2D eigenvalue weighted by molar-refractivity contribution is 6.42. The Morgan fingerprint density at radius 3 is 2.72 bits per heavy atom. The fourth-order valence-electron chi connectivity index (χ4n) is 3.52. The molecule has 0 bridgehead atoms. The lowest BCUT2D eigenvalue weighted by Crippen LogP contribution is -2.36. The van der Waals surface area contributed by atoms with E-state index in [9.17, 15) is 5.11 Å². The van der Waals surface area contributed by atoms with Gasteiger partial charge in [0.25, 0.3) is 0 Å². The highest BCUT2D eigenvalue weighted by Crippen LogP contribution is 2.34. The van der Waals surface area contributed by atoms with Gasteiger partial charge in [0.1, 0.15) is 11.9 Å². The maximum atomic E-state index is 10.2. The molecule has 2 heterocycles. The van der Waals surface area contributed by atoms with Crippen molar-refractivity contribution >= 4 is 23.2 Å². The Morgan fingerprint density at radius 2 is 1.93 bits per heavy atom. The van der Waals surface area contributed by atoms with E-state index >= 15 is 0 Å². The van der Waals surface area contributed by atoms with Gasteiger partial charge in [-0.3, -0.25) is 4.98 Å². The molecule has 1 aliphatic heterocycles. The summed E-state index contributed by atoms with van der Waals surface area (Å²) in [6, 6.07) is 15.6. The highest BCUT2D eigenvalue weighted by Gasteiger charge is 2.20. The lowest BCUT2D eigenvalue weighted by Gasteiger charge is -2.27. The third kappa shape index (κ3) is 4.90. The minimum atomic E-state index is -0.576. The Bertz CT molecular complexity index is 982. The maximum absolute atomic E-state index is 10.2. The molecule has 0 spiro atoms. The molecule has 3 aromatic rings. The SMILES string of the molecule is OC(CNCC1CCc2cc(-c3ccc(Cl)c(Cl)c3)ccc2O1)c1cccnc1. The zero-order valence-corrected chi connectivity index (χ0v) is 17.3. The third-order valence-corrected chi connectivity index (χ3v) is 5.86. The second kappa shape index (κ2) is 9.14. The molecule has 2 unspecified atom stereocenters. The van der Waals surface area contributed by atoms with Gasteiger partial charge >= 0.3 is 0 Å². The molecule has 1 aliphatic rings. The standard InChI is InChI=1S/C23H22Cl2N2O2/c24-20-7-4-16(11-21(20)25)15-5-8-23-17(10-15)3-6-19(29-23)13-27-14-22(28)18-2-1-9-26-12-18/h1-2,4-5,7-12,19,22,27-28H,3,6,13-14H2. The predicted molar refractivity (Wildman–Crippen MR) is 117 cm³/mol. The van der Waals surface area contributed by atoms with Crippen molar-refractivity contribution in [3.8, 4) is 16.9 Å². The van der Waals surface area contributed by atoms with E-state index < -0.39 is 6.10 Å². The average Bonchev–Trinajstić information content (AvgIpc) is 2.76. The lowest BCUT2D eigenvalue weighted by atomic mass is 9.97. The van der Waals surface area contributed by atoms with Crippen molar-refractivity contribution in [2.45, 2.75) is 25.0 Å². The number of aromatic nitrogens is 1. The molecule has 4 rings (SSSR count). The Kier molecular flexibility index (Phi) is 6.36. The molecule has 0 aliphatic carbocycles. The van der Waals surface area contributed by atoms with Gasteiger partial charge in [-0.2, -0.15) is 0 Å².